The van der Waals surface area contributed by atoms with Gasteiger partial charge in [-0.1, -0.05) is 20.8 Å². The van der Waals surface area contributed by atoms with Gasteiger partial charge in [0.25, 0.3) is 0 Å². The lowest BCUT2D eigenvalue weighted by molar-refractivity contribution is 0.0290. The molecule has 2 bridgehead atoms. The number of hydrogen-bond donors (Lipinski definition) is 1. The summed E-state index contributed by atoms with van der Waals surface area (Å²) in [5.41, 5.74) is 1.000. The molecule has 4 atom stereocenters. The van der Waals surface area contributed by atoms with Crippen molar-refractivity contribution in [3.8, 4) is 0 Å². The molecule has 3 rings (SSSR count). The second-order valence-corrected chi connectivity index (χ2v) is 8.33. The van der Waals surface area contributed by atoms with Gasteiger partial charge in [-0.25, -0.2) is 0 Å². The molecule has 2 aliphatic carbocycles. The van der Waals surface area contributed by atoms with E-state index < -0.39 is 0 Å². The standard InChI is InChI=1S/C17H32N2O/c1-13(12-19-7-9-20-10-8-19)18-15-16(2,3)14-5-6-17(15,4)11-14/h13-15,18H,5-12H2,1-4H3. The van der Waals surface area contributed by atoms with Gasteiger partial charge in [-0.05, 0) is 42.9 Å². The van der Waals surface area contributed by atoms with Crippen molar-refractivity contribution in [3.63, 3.8) is 0 Å². The van der Waals surface area contributed by atoms with Gasteiger partial charge in [0, 0.05) is 31.7 Å². The van der Waals surface area contributed by atoms with Crippen LogP contribution in [0.4, 0.5) is 0 Å². The van der Waals surface area contributed by atoms with Gasteiger partial charge >= 0.3 is 0 Å². The molecule has 0 aromatic heterocycles. The lowest BCUT2D eigenvalue weighted by Crippen LogP contribution is -2.55. The van der Waals surface area contributed by atoms with Gasteiger partial charge in [-0.15, -0.1) is 0 Å². The van der Waals surface area contributed by atoms with Gasteiger partial charge < -0.3 is 10.1 Å². The maximum absolute atomic E-state index is 5.44. The largest absolute Gasteiger partial charge is 0.379 e. The van der Waals surface area contributed by atoms with Crippen molar-refractivity contribution < 1.29 is 4.74 Å². The van der Waals surface area contributed by atoms with Gasteiger partial charge in [-0.3, -0.25) is 4.90 Å². The van der Waals surface area contributed by atoms with Crippen LogP contribution in [0.2, 0.25) is 0 Å². The van der Waals surface area contributed by atoms with Crippen LogP contribution in [0, 0.1) is 16.7 Å². The molecule has 1 saturated heterocycles. The molecule has 0 spiro atoms. The molecular weight excluding hydrogens is 248 g/mol. The number of nitrogens with one attached hydrogen (secondary N) is 1. The fraction of sp³-hybridized carbons (Fsp3) is 1.00. The van der Waals surface area contributed by atoms with Crippen molar-refractivity contribution in [2.75, 3.05) is 32.8 Å². The summed E-state index contributed by atoms with van der Waals surface area (Å²) in [7, 11) is 0. The van der Waals surface area contributed by atoms with Gasteiger partial charge in [-0.2, -0.15) is 0 Å². The minimum Gasteiger partial charge on any atom is -0.379 e. The van der Waals surface area contributed by atoms with E-state index in [0.29, 0.717) is 22.9 Å². The monoisotopic (exact) mass is 280 g/mol. The van der Waals surface area contributed by atoms with Crippen LogP contribution < -0.4 is 5.32 Å². The van der Waals surface area contributed by atoms with Crippen LogP contribution in [-0.4, -0.2) is 49.8 Å². The summed E-state index contributed by atoms with van der Waals surface area (Å²) in [6, 6.07) is 1.26. The Labute approximate surface area is 124 Å². The SMILES string of the molecule is CC(CN1CCOCC1)NC1C2(C)CCC(C2)C1(C)C. The molecule has 1 aliphatic heterocycles. The first-order valence-corrected chi connectivity index (χ1v) is 8.48. The number of rotatable bonds is 4. The predicted octanol–water partition coefficient (Wildman–Crippen LogP) is 2.51. The zero-order valence-electron chi connectivity index (χ0n) is 13.7. The molecule has 2 saturated carbocycles. The number of ether oxygens (including phenoxy) is 1. The first kappa shape index (κ1) is 14.8. The van der Waals surface area contributed by atoms with Crippen molar-refractivity contribution in [3.05, 3.63) is 0 Å². The molecule has 20 heavy (non-hydrogen) atoms. The Balaban J connectivity index is 1.59. The third-order valence-electron chi connectivity index (χ3n) is 6.36. The summed E-state index contributed by atoms with van der Waals surface area (Å²) in [6.45, 7) is 15.0. The van der Waals surface area contributed by atoms with E-state index >= 15 is 0 Å². The van der Waals surface area contributed by atoms with E-state index in [1.54, 1.807) is 0 Å². The topological polar surface area (TPSA) is 24.5 Å². The maximum atomic E-state index is 5.44. The highest BCUT2D eigenvalue weighted by Gasteiger charge is 2.59. The normalized spacial score (nSPS) is 42.0. The fourth-order valence-electron chi connectivity index (χ4n) is 5.23. The third-order valence-corrected chi connectivity index (χ3v) is 6.36. The van der Waals surface area contributed by atoms with E-state index in [0.717, 1.165) is 38.8 Å². The van der Waals surface area contributed by atoms with Gasteiger partial charge in [0.1, 0.15) is 0 Å². The molecule has 3 heteroatoms. The van der Waals surface area contributed by atoms with Crippen LogP contribution in [0.1, 0.15) is 47.0 Å². The quantitative estimate of drug-likeness (QED) is 0.856. The molecule has 1 heterocycles. The Morgan fingerprint density at radius 1 is 1.25 bits per heavy atom. The molecule has 0 amide bonds. The highest BCUT2D eigenvalue weighted by molar-refractivity contribution is 5.12. The molecule has 0 aromatic carbocycles. The molecular formula is C17H32N2O. The number of morpholine rings is 1. The molecule has 3 aliphatic rings. The van der Waals surface area contributed by atoms with Crippen LogP contribution in [-0.2, 0) is 4.74 Å². The zero-order valence-corrected chi connectivity index (χ0v) is 13.7. The molecule has 3 nitrogen and oxygen atoms in total. The van der Waals surface area contributed by atoms with E-state index in [1.807, 2.05) is 0 Å². The molecule has 3 fully saturated rings. The Morgan fingerprint density at radius 3 is 2.55 bits per heavy atom. The average Bonchev–Trinajstić information content (AvgIpc) is 2.87. The smallest absolute Gasteiger partial charge is 0.0594 e. The number of fused-ring (bicyclic) bond motifs is 2. The summed E-state index contributed by atoms with van der Waals surface area (Å²) in [5, 5.41) is 4.01. The minimum atomic E-state index is 0.465. The molecule has 0 radical (unpaired) electrons. The van der Waals surface area contributed by atoms with Gasteiger partial charge in [0.2, 0.25) is 0 Å². The lowest BCUT2D eigenvalue weighted by atomic mass is 9.68. The minimum absolute atomic E-state index is 0.465. The van der Waals surface area contributed by atoms with Crippen LogP contribution in [0.5, 0.6) is 0 Å². The van der Waals surface area contributed by atoms with Crippen molar-refractivity contribution in [2.45, 2.75) is 59.0 Å². The second kappa shape index (κ2) is 5.26. The van der Waals surface area contributed by atoms with E-state index in [-0.39, 0.29) is 0 Å². The van der Waals surface area contributed by atoms with Crippen LogP contribution >= 0.6 is 0 Å². The van der Waals surface area contributed by atoms with Gasteiger partial charge in [0.05, 0.1) is 13.2 Å². The fourth-order valence-corrected chi connectivity index (χ4v) is 5.23. The van der Waals surface area contributed by atoms with E-state index in [9.17, 15) is 0 Å². The Hall–Kier alpha value is -0.120. The second-order valence-electron chi connectivity index (χ2n) is 8.33. The van der Waals surface area contributed by atoms with Crippen LogP contribution in [0.15, 0.2) is 0 Å². The van der Waals surface area contributed by atoms with E-state index in [1.165, 1.54) is 19.3 Å². The summed E-state index contributed by atoms with van der Waals surface area (Å²) >= 11 is 0. The summed E-state index contributed by atoms with van der Waals surface area (Å²) in [4.78, 5) is 2.55. The number of hydrogen-bond acceptors (Lipinski definition) is 3. The molecule has 1 N–H and O–H groups in total. The van der Waals surface area contributed by atoms with E-state index in [4.69, 9.17) is 4.74 Å². The van der Waals surface area contributed by atoms with Gasteiger partial charge in [0.15, 0.2) is 0 Å². The molecule has 116 valence electrons. The summed E-state index contributed by atoms with van der Waals surface area (Å²) in [5.74, 6) is 0.931. The van der Waals surface area contributed by atoms with Crippen LogP contribution in [0.3, 0.4) is 0 Å². The van der Waals surface area contributed by atoms with Crippen molar-refractivity contribution in [1.82, 2.24) is 10.2 Å². The molecule has 4 unspecified atom stereocenters. The van der Waals surface area contributed by atoms with E-state index in [2.05, 4.69) is 37.9 Å². The Morgan fingerprint density at radius 2 is 1.95 bits per heavy atom. The molecule has 0 aromatic rings. The van der Waals surface area contributed by atoms with Crippen LogP contribution in [0.25, 0.3) is 0 Å². The Kier molecular flexibility index (Phi) is 3.89. The first-order valence-electron chi connectivity index (χ1n) is 8.48. The average molecular weight is 280 g/mol. The third kappa shape index (κ3) is 2.53. The highest BCUT2D eigenvalue weighted by atomic mass is 16.5. The first-order chi connectivity index (χ1) is 9.42. The van der Waals surface area contributed by atoms with Crippen molar-refractivity contribution in [2.24, 2.45) is 16.7 Å². The summed E-state index contributed by atoms with van der Waals surface area (Å²) in [6.07, 6.45) is 4.30. The lowest BCUT2D eigenvalue weighted by Gasteiger charge is -2.45. The zero-order chi connectivity index (χ0) is 14.4. The number of nitrogens with zero attached hydrogens (tertiary/aromatic N) is 1. The van der Waals surface area contributed by atoms with Crippen molar-refractivity contribution >= 4 is 0 Å². The van der Waals surface area contributed by atoms with Crippen molar-refractivity contribution in [1.29, 1.82) is 0 Å². The predicted molar refractivity (Wildman–Crippen MR) is 82.9 cm³/mol. The highest BCUT2D eigenvalue weighted by Crippen LogP contribution is 2.62. The Bertz CT molecular complexity index is 346. The maximum Gasteiger partial charge on any atom is 0.0594 e. The summed E-state index contributed by atoms with van der Waals surface area (Å²) < 4.78 is 5.44.